The van der Waals surface area contributed by atoms with Crippen LogP contribution in [0.5, 0.6) is 0 Å². The van der Waals surface area contributed by atoms with Gasteiger partial charge in [0.15, 0.2) is 6.29 Å². The highest BCUT2D eigenvalue weighted by Crippen LogP contribution is 2.29. The van der Waals surface area contributed by atoms with Crippen LogP contribution < -0.4 is 4.90 Å². The fourth-order valence-corrected chi connectivity index (χ4v) is 2.32. The Labute approximate surface area is 87.0 Å². The normalized spacial score (nSPS) is 19.1. The molecule has 1 unspecified atom stereocenters. The van der Waals surface area contributed by atoms with Crippen LogP contribution in [0, 0.1) is 5.92 Å². The van der Waals surface area contributed by atoms with Gasteiger partial charge in [0, 0.05) is 30.1 Å². The van der Waals surface area contributed by atoms with Crippen LogP contribution in [-0.2, 0) is 0 Å². The number of hydrogen-bond donors (Lipinski definition) is 1. The molecule has 0 bridgehead atoms. The first kappa shape index (κ1) is 9.68. The first-order chi connectivity index (χ1) is 6.70. The Morgan fingerprint density at radius 2 is 2.43 bits per heavy atom. The Morgan fingerprint density at radius 1 is 1.71 bits per heavy atom. The number of aldehydes is 1. The molecule has 76 valence electrons. The van der Waals surface area contributed by atoms with Crippen LogP contribution in [0.3, 0.4) is 0 Å². The molecule has 0 aliphatic carbocycles. The van der Waals surface area contributed by atoms with Gasteiger partial charge in [-0.05, 0) is 13.0 Å². The van der Waals surface area contributed by atoms with Gasteiger partial charge in [0.2, 0.25) is 0 Å². The molecule has 1 atom stereocenters. The number of aliphatic hydroxyl groups is 1. The summed E-state index contributed by atoms with van der Waals surface area (Å²) in [5.41, 5.74) is 1.11. The summed E-state index contributed by atoms with van der Waals surface area (Å²) >= 11 is 1.46. The molecule has 0 spiro atoms. The molecule has 14 heavy (non-hydrogen) atoms. The number of rotatable bonds is 3. The number of carbonyl (C=O) groups excluding carboxylic acids is 1. The molecule has 3 nitrogen and oxygen atoms in total. The van der Waals surface area contributed by atoms with E-state index in [1.165, 1.54) is 11.3 Å². The van der Waals surface area contributed by atoms with E-state index in [-0.39, 0.29) is 6.10 Å². The third-order valence-corrected chi connectivity index (χ3v) is 3.52. The highest BCUT2D eigenvalue weighted by atomic mass is 32.1. The zero-order chi connectivity index (χ0) is 10.1. The smallest absolute Gasteiger partial charge is 0.160 e. The van der Waals surface area contributed by atoms with Crippen molar-refractivity contribution in [1.29, 1.82) is 0 Å². The van der Waals surface area contributed by atoms with E-state index in [9.17, 15) is 9.90 Å². The Kier molecular flexibility index (Phi) is 2.56. The molecule has 1 N–H and O–H groups in total. The molecule has 0 aromatic carbocycles. The minimum Gasteiger partial charge on any atom is -0.393 e. The SMILES string of the molecule is CC(O)C1CN(c2csc(C=O)c2)C1. The second kappa shape index (κ2) is 3.71. The van der Waals surface area contributed by atoms with Gasteiger partial charge >= 0.3 is 0 Å². The molecule has 1 aromatic heterocycles. The van der Waals surface area contributed by atoms with Crippen molar-refractivity contribution in [2.24, 2.45) is 5.92 Å². The van der Waals surface area contributed by atoms with Crippen molar-refractivity contribution in [3.63, 3.8) is 0 Å². The van der Waals surface area contributed by atoms with Crippen LogP contribution in [0.2, 0.25) is 0 Å². The number of thiophene rings is 1. The average Bonchev–Trinajstić information content (AvgIpc) is 2.49. The summed E-state index contributed by atoms with van der Waals surface area (Å²) in [6.07, 6.45) is 0.649. The van der Waals surface area contributed by atoms with E-state index < -0.39 is 0 Å². The summed E-state index contributed by atoms with van der Waals surface area (Å²) in [5, 5.41) is 11.3. The van der Waals surface area contributed by atoms with Gasteiger partial charge in [-0.3, -0.25) is 4.79 Å². The minimum absolute atomic E-state index is 0.226. The highest BCUT2D eigenvalue weighted by Gasteiger charge is 2.30. The van der Waals surface area contributed by atoms with Gasteiger partial charge in [-0.2, -0.15) is 0 Å². The van der Waals surface area contributed by atoms with Crippen molar-refractivity contribution in [1.82, 2.24) is 0 Å². The van der Waals surface area contributed by atoms with E-state index in [0.717, 1.165) is 29.9 Å². The summed E-state index contributed by atoms with van der Waals surface area (Å²) in [6, 6.07) is 1.90. The van der Waals surface area contributed by atoms with Crippen LogP contribution in [0.15, 0.2) is 11.4 Å². The molecule has 2 heterocycles. The Morgan fingerprint density at radius 3 is 2.93 bits per heavy atom. The molecule has 4 heteroatoms. The van der Waals surface area contributed by atoms with Gasteiger partial charge in [0.25, 0.3) is 0 Å². The van der Waals surface area contributed by atoms with Gasteiger partial charge in [-0.15, -0.1) is 11.3 Å². The lowest BCUT2D eigenvalue weighted by Gasteiger charge is -2.41. The molecule has 0 amide bonds. The van der Waals surface area contributed by atoms with Crippen molar-refractivity contribution >= 4 is 23.3 Å². The second-order valence-electron chi connectivity index (χ2n) is 3.73. The van der Waals surface area contributed by atoms with E-state index in [1.54, 1.807) is 0 Å². The van der Waals surface area contributed by atoms with Gasteiger partial charge in [0.05, 0.1) is 11.0 Å². The number of hydrogen-bond acceptors (Lipinski definition) is 4. The Balaban J connectivity index is 1.96. The van der Waals surface area contributed by atoms with Crippen molar-refractivity contribution in [2.75, 3.05) is 18.0 Å². The summed E-state index contributed by atoms with van der Waals surface area (Å²) < 4.78 is 0. The predicted octanol–water partition coefficient (Wildman–Crippen LogP) is 1.38. The highest BCUT2D eigenvalue weighted by molar-refractivity contribution is 7.12. The number of nitrogens with zero attached hydrogens (tertiary/aromatic N) is 1. The topological polar surface area (TPSA) is 40.5 Å². The zero-order valence-corrected chi connectivity index (χ0v) is 8.83. The summed E-state index contributed by atoms with van der Waals surface area (Å²) in [5.74, 6) is 0.384. The summed E-state index contributed by atoms with van der Waals surface area (Å²) in [4.78, 5) is 13.4. The Bertz CT molecular complexity index is 329. The quantitative estimate of drug-likeness (QED) is 0.768. The minimum atomic E-state index is -0.226. The van der Waals surface area contributed by atoms with Crippen molar-refractivity contribution < 1.29 is 9.90 Å². The standard InChI is InChI=1S/C10H13NO2S/c1-7(13)8-3-11(4-8)9-2-10(5-12)14-6-9/h2,5-8,13H,3-4H2,1H3. The monoisotopic (exact) mass is 211 g/mol. The van der Waals surface area contributed by atoms with Gasteiger partial charge < -0.3 is 10.0 Å². The molecule has 1 aromatic rings. The number of anilines is 1. The average molecular weight is 211 g/mol. The van der Waals surface area contributed by atoms with Crippen LogP contribution in [0.1, 0.15) is 16.6 Å². The lowest BCUT2D eigenvalue weighted by molar-refractivity contribution is 0.107. The Hall–Kier alpha value is -0.870. The maximum Gasteiger partial charge on any atom is 0.160 e. The molecule has 1 fully saturated rings. The summed E-state index contributed by atoms with van der Waals surface area (Å²) in [7, 11) is 0. The van der Waals surface area contributed by atoms with Gasteiger partial charge in [0.1, 0.15) is 0 Å². The molecule has 1 saturated heterocycles. The van der Waals surface area contributed by atoms with E-state index in [1.807, 2.05) is 18.4 Å². The van der Waals surface area contributed by atoms with Crippen LogP contribution >= 0.6 is 11.3 Å². The fourth-order valence-electron chi connectivity index (χ4n) is 1.60. The largest absolute Gasteiger partial charge is 0.393 e. The fraction of sp³-hybridized carbons (Fsp3) is 0.500. The predicted molar refractivity (Wildman–Crippen MR) is 57.1 cm³/mol. The van der Waals surface area contributed by atoms with Crippen LogP contribution in [0.25, 0.3) is 0 Å². The molecule has 1 aliphatic heterocycles. The first-order valence-electron chi connectivity index (χ1n) is 4.67. The molecule has 0 radical (unpaired) electrons. The maximum absolute atomic E-state index is 10.5. The van der Waals surface area contributed by atoms with Crippen molar-refractivity contribution in [3.8, 4) is 0 Å². The molecule has 0 saturated carbocycles. The van der Waals surface area contributed by atoms with Crippen LogP contribution in [-0.4, -0.2) is 30.6 Å². The van der Waals surface area contributed by atoms with Gasteiger partial charge in [-0.25, -0.2) is 0 Å². The van der Waals surface area contributed by atoms with Crippen LogP contribution in [0.4, 0.5) is 5.69 Å². The first-order valence-corrected chi connectivity index (χ1v) is 5.55. The lowest BCUT2D eigenvalue weighted by Crippen LogP contribution is -2.51. The third kappa shape index (κ3) is 1.67. The number of carbonyl (C=O) groups is 1. The second-order valence-corrected chi connectivity index (χ2v) is 4.67. The summed E-state index contributed by atoms with van der Waals surface area (Å²) in [6.45, 7) is 3.62. The lowest BCUT2D eigenvalue weighted by atomic mass is 9.94. The molecular weight excluding hydrogens is 198 g/mol. The van der Waals surface area contributed by atoms with E-state index >= 15 is 0 Å². The molecular formula is C10H13NO2S. The van der Waals surface area contributed by atoms with Crippen molar-refractivity contribution in [2.45, 2.75) is 13.0 Å². The zero-order valence-electron chi connectivity index (χ0n) is 8.01. The molecule has 1 aliphatic rings. The van der Waals surface area contributed by atoms with Crippen molar-refractivity contribution in [3.05, 3.63) is 16.3 Å². The van der Waals surface area contributed by atoms with E-state index in [2.05, 4.69) is 4.90 Å². The van der Waals surface area contributed by atoms with E-state index in [4.69, 9.17) is 0 Å². The maximum atomic E-state index is 10.5. The third-order valence-electron chi connectivity index (χ3n) is 2.68. The van der Waals surface area contributed by atoms with Gasteiger partial charge in [-0.1, -0.05) is 0 Å². The number of aliphatic hydroxyl groups excluding tert-OH is 1. The molecule has 2 rings (SSSR count). The van der Waals surface area contributed by atoms with E-state index in [0.29, 0.717) is 5.92 Å².